The molecule has 0 saturated carbocycles. The molecule has 1 amide bonds. The number of halogens is 3. The van der Waals surface area contributed by atoms with Gasteiger partial charge in [0.2, 0.25) is 5.89 Å². The van der Waals surface area contributed by atoms with E-state index in [4.69, 9.17) is 44.0 Å². The Labute approximate surface area is 181 Å². The number of anilines is 1. The highest BCUT2D eigenvalue weighted by molar-refractivity contribution is 6.35. The van der Waals surface area contributed by atoms with Crippen LogP contribution in [0.1, 0.15) is 0 Å². The first-order valence-electron chi connectivity index (χ1n) is 8.52. The second kappa shape index (κ2) is 8.33. The maximum atomic E-state index is 12.2. The number of ether oxygens (including phenoxy) is 1. The van der Waals surface area contributed by atoms with E-state index in [2.05, 4.69) is 10.3 Å². The predicted molar refractivity (Wildman–Crippen MR) is 115 cm³/mol. The zero-order chi connectivity index (χ0) is 20.4. The normalized spacial score (nSPS) is 10.9. The molecule has 8 heteroatoms. The number of rotatable bonds is 5. The largest absolute Gasteiger partial charge is 0.482 e. The summed E-state index contributed by atoms with van der Waals surface area (Å²) in [7, 11) is 0. The summed E-state index contributed by atoms with van der Waals surface area (Å²) in [6.07, 6.45) is 0. The summed E-state index contributed by atoms with van der Waals surface area (Å²) >= 11 is 17.9. The highest BCUT2D eigenvalue weighted by atomic mass is 35.5. The van der Waals surface area contributed by atoms with E-state index in [1.54, 1.807) is 54.6 Å². The van der Waals surface area contributed by atoms with Crippen LogP contribution in [-0.4, -0.2) is 17.5 Å². The van der Waals surface area contributed by atoms with Crippen molar-refractivity contribution < 1.29 is 13.9 Å². The number of aromatic nitrogens is 1. The van der Waals surface area contributed by atoms with Gasteiger partial charge in [-0.3, -0.25) is 4.79 Å². The fourth-order valence-electron chi connectivity index (χ4n) is 2.69. The van der Waals surface area contributed by atoms with Gasteiger partial charge in [0.25, 0.3) is 5.91 Å². The molecule has 0 unspecified atom stereocenters. The van der Waals surface area contributed by atoms with Gasteiger partial charge in [0, 0.05) is 21.3 Å². The van der Waals surface area contributed by atoms with Crippen molar-refractivity contribution in [3.8, 4) is 17.2 Å². The van der Waals surface area contributed by atoms with Gasteiger partial charge in [-0.15, -0.1) is 0 Å². The fourth-order valence-corrected chi connectivity index (χ4v) is 3.32. The van der Waals surface area contributed by atoms with E-state index in [1.807, 2.05) is 6.07 Å². The minimum absolute atomic E-state index is 0.201. The van der Waals surface area contributed by atoms with Crippen LogP contribution >= 0.6 is 34.8 Å². The Morgan fingerprint density at radius 2 is 1.79 bits per heavy atom. The lowest BCUT2D eigenvalue weighted by atomic mass is 10.2. The number of oxazole rings is 1. The van der Waals surface area contributed by atoms with Gasteiger partial charge in [0.15, 0.2) is 12.2 Å². The number of amides is 1. The van der Waals surface area contributed by atoms with E-state index >= 15 is 0 Å². The molecule has 3 aromatic carbocycles. The first-order chi connectivity index (χ1) is 14.0. The van der Waals surface area contributed by atoms with Crippen molar-refractivity contribution >= 4 is 57.5 Å². The number of hydrogen-bond donors (Lipinski definition) is 1. The van der Waals surface area contributed by atoms with Crippen molar-refractivity contribution in [1.82, 2.24) is 4.98 Å². The number of carbonyl (C=O) groups is 1. The van der Waals surface area contributed by atoms with Crippen LogP contribution in [0.2, 0.25) is 15.1 Å². The molecule has 4 aromatic rings. The summed E-state index contributed by atoms with van der Waals surface area (Å²) in [5.74, 6) is 0.477. The number of benzene rings is 3. The predicted octanol–water partition coefficient (Wildman–Crippen LogP) is 6.47. The average molecular weight is 448 g/mol. The summed E-state index contributed by atoms with van der Waals surface area (Å²) in [5.41, 5.74) is 2.60. The number of nitrogens with one attached hydrogen (secondary N) is 1. The van der Waals surface area contributed by atoms with Crippen molar-refractivity contribution in [3.63, 3.8) is 0 Å². The summed E-state index contributed by atoms with van der Waals surface area (Å²) in [6, 6.07) is 17.2. The van der Waals surface area contributed by atoms with E-state index in [-0.39, 0.29) is 12.5 Å². The molecule has 1 heterocycles. The molecule has 0 bridgehead atoms. The number of fused-ring (bicyclic) bond motifs is 1. The molecule has 5 nitrogen and oxygen atoms in total. The molecular weight excluding hydrogens is 435 g/mol. The second-order valence-corrected chi connectivity index (χ2v) is 7.40. The molecule has 0 aliphatic rings. The summed E-state index contributed by atoms with van der Waals surface area (Å²) in [5, 5.41) is 4.18. The molecule has 0 aliphatic carbocycles. The first kappa shape index (κ1) is 19.6. The van der Waals surface area contributed by atoms with Gasteiger partial charge >= 0.3 is 0 Å². The van der Waals surface area contributed by atoms with Gasteiger partial charge in [-0.1, -0.05) is 40.9 Å². The first-order valence-corrected chi connectivity index (χ1v) is 9.65. The van der Waals surface area contributed by atoms with Crippen LogP contribution in [-0.2, 0) is 4.79 Å². The van der Waals surface area contributed by atoms with Gasteiger partial charge in [-0.05, 0) is 54.6 Å². The highest BCUT2D eigenvalue weighted by Crippen LogP contribution is 2.29. The van der Waals surface area contributed by atoms with Gasteiger partial charge in [-0.25, -0.2) is 4.98 Å². The number of carbonyl (C=O) groups excluding carboxylic acids is 1. The third-order valence-electron chi connectivity index (χ3n) is 4.00. The maximum absolute atomic E-state index is 12.2. The average Bonchev–Trinajstić information content (AvgIpc) is 3.11. The van der Waals surface area contributed by atoms with Crippen LogP contribution in [0.4, 0.5) is 5.69 Å². The van der Waals surface area contributed by atoms with Crippen LogP contribution in [0.25, 0.3) is 22.6 Å². The minimum Gasteiger partial charge on any atom is -0.482 e. The highest BCUT2D eigenvalue weighted by Gasteiger charge is 2.11. The van der Waals surface area contributed by atoms with E-state index < -0.39 is 0 Å². The monoisotopic (exact) mass is 446 g/mol. The number of hydrogen-bond acceptors (Lipinski definition) is 4. The van der Waals surface area contributed by atoms with E-state index in [1.165, 1.54) is 0 Å². The lowest BCUT2D eigenvalue weighted by Crippen LogP contribution is -2.20. The molecule has 29 heavy (non-hydrogen) atoms. The molecule has 0 aliphatic heterocycles. The van der Waals surface area contributed by atoms with Crippen molar-refractivity contribution in [1.29, 1.82) is 0 Å². The third-order valence-corrected chi connectivity index (χ3v) is 4.76. The Hall–Kier alpha value is -2.73. The zero-order valence-corrected chi connectivity index (χ0v) is 17.1. The van der Waals surface area contributed by atoms with Crippen molar-refractivity contribution in [2.75, 3.05) is 11.9 Å². The van der Waals surface area contributed by atoms with Crippen LogP contribution in [0, 0.1) is 0 Å². The molecule has 0 spiro atoms. The third kappa shape index (κ3) is 4.65. The number of nitrogens with zero attached hydrogens (tertiary/aromatic N) is 1. The van der Waals surface area contributed by atoms with Gasteiger partial charge in [0.1, 0.15) is 11.3 Å². The molecule has 1 N–H and O–H groups in total. The van der Waals surface area contributed by atoms with Gasteiger partial charge in [0.05, 0.1) is 5.02 Å². The lowest BCUT2D eigenvalue weighted by Gasteiger charge is -2.09. The molecule has 1 aromatic heterocycles. The second-order valence-electron chi connectivity index (χ2n) is 6.12. The van der Waals surface area contributed by atoms with Gasteiger partial charge < -0.3 is 14.5 Å². The Morgan fingerprint density at radius 1 is 1.00 bits per heavy atom. The Balaban J connectivity index is 1.46. The van der Waals surface area contributed by atoms with Gasteiger partial charge in [-0.2, -0.15) is 0 Å². The topological polar surface area (TPSA) is 64.4 Å². The Kier molecular flexibility index (Phi) is 5.62. The van der Waals surface area contributed by atoms with E-state index in [0.29, 0.717) is 43.5 Å². The Bertz CT molecular complexity index is 1210. The van der Waals surface area contributed by atoms with E-state index in [0.717, 1.165) is 5.56 Å². The van der Waals surface area contributed by atoms with Crippen LogP contribution in [0.5, 0.6) is 5.75 Å². The summed E-state index contributed by atoms with van der Waals surface area (Å²) < 4.78 is 11.2. The van der Waals surface area contributed by atoms with Crippen molar-refractivity contribution in [3.05, 3.63) is 75.7 Å². The molecule has 0 radical (unpaired) electrons. The smallest absolute Gasteiger partial charge is 0.262 e. The standard InChI is InChI=1S/C21H13Cl3N2O3/c22-13-4-6-18(16(24)9-13)28-11-20(27)25-15-3-1-2-12(8-15)21-26-17-10-14(23)5-7-19(17)29-21/h1-10H,11H2,(H,25,27). The van der Waals surface area contributed by atoms with Crippen LogP contribution < -0.4 is 10.1 Å². The van der Waals surface area contributed by atoms with Crippen molar-refractivity contribution in [2.24, 2.45) is 0 Å². The van der Waals surface area contributed by atoms with Crippen LogP contribution in [0.15, 0.2) is 65.1 Å². The quantitative estimate of drug-likeness (QED) is 0.381. The molecule has 0 fully saturated rings. The lowest BCUT2D eigenvalue weighted by molar-refractivity contribution is -0.118. The SMILES string of the molecule is O=C(COc1ccc(Cl)cc1Cl)Nc1cccc(-c2nc3cc(Cl)ccc3o2)c1. The zero-order valence-electron chi connectivity index (χ0n) is 14.8. The van der Waals surface area contributed by atoms with Crippen molar-refractivity contribution in [2.45, 2.75) is 0 Å². The molecule has 146 valence electrons. The summed E-state index contributed by atoms with van der Waals surface area (Å²) in [4.78, 5) is 16.7. The van der Waals surface area contributed by atoms with Crippen LogP contribution in [0.3, 0.4) is 0 Å². The minimum atomic E-state index is -0.336. The Morgan fingerprint density at radius 3 is 2.62 bits per heavy atom. The molecular formula is C21H13Cl3N2O3. The molecule has 0 saturated heterocycles. The molecule has 0 atom stereocenters. The summed E-state index contributed by atoms with van der Waals surface area (Å²) in [6.45, 7) is -0.201. The maximum Gasteiger partial charge on any atom is 0.262 e. The fraction of sp³-hybridized carbons (Fsp3) is 0.0476. The van der Waals surface area contributed by atoms with E-state index in [9.17, 15) is 4.79 Å². The molecule has 4 rings (SSSR count).